The van der Waals surface area contributed by atoms with E-state index in [1.165, 1.54) is 12.1 Å². The van der Waals surface area contributed by atoms with E-state index in [0.717, 1.165) is 55.9 Å². The van der Waals surface area contributed by atoms with Crippen LogP contribution in [0.5, 0.6) is 5.75 Å². The first kappa shape index (κ1) is 23.9. The van der Waals surface area contributed by atoms with Gasteiger partial charge in [0.1, 0.15) is 16.5 Å². The molecule has 0 atom stereocenters. The van der Waals surface area contributed by atoms with Gasteiger partial charge in [0.15, 0.2) is 0 Å². The molecule has 1 fully saturated rings. The highest BCUT2D eigenvalue weighted by Gasteiger charge is 2.24. The molecule has 9 heteroatoms. The predicted octanol–water partition coefficient (Wildman–Crippen LogP) is 2.69. The standard InChI is InChI=1S/C23H28FN3O4S/c1-3-12-25-32(29,30)22-15-17(8-9-20(22)24)23(28)26-19-10-13-27(14-11-19)16-18-6-4-5-7-21(18)31-2/h3-9,15,19,25H,1,10-14,16H2,2H3,(H,26,28). The van der Waals surface area contributed by atoms with E-state index >= 15 is 0 Å². The summed E-state index contributed by atoms with van der Waals surface area (Å²) in [7, 11) is -2.42. The fourth-order valence-electron chi connectivity index (χ4n) is 3.68. The summed E-state index contributed by atoms with van der Waals surface area (Å²) in [6.07, 6.45) is 2.87. The van der Waals surface area contributed by atoms with Gasteiger partial charge in [-0.3, -0.25) is 9.69 Å². The monoisotopic (exact) mass is 461 g/mol. The number of nitrogens with one attached hydrogen (secondary N) is 2. The first-order valence-electron chi connectivity index (χ1n) is 10.4. The number of hydrogen-bond donors (Lipinski definition) is 2. The molecule has 0 aromatic heterocycles. The molecule has 3 rings (SSSR count). The lowest BCUT2D eigenvalue weighted by molar-refractivity contribution is 0.0908. The molecular weight excluding hydrogens is 433 g/mol. The smallest absolute Gasteiger partial charge is 0.251 e. The number of carbonyl (C=O) groups is 1. The lowest BCUT2D eigenvalue weighted by atomic mass is 10.0. The second-order valence-corrected chi connectivity index (χ2v) is 9.36. The van der Waals surface area contributed by atoms with Gasteiger partial charge in [0.25, 0.3) is 5.91 Å². The fourth-order valence-corrected chi connectivity index (χ4v) is 4.78. The van der Waals surface area contributed by atoms with E-state index in [-0.39, 0.29) is 18.2 Å². The average molecular weight is 462 g/mol. The SMILES string of the molecule is C=CCNS(=O)(=O)c1cc(C(=O)NC2CCN(Cc3ccccc3OC)CC2)ccc1F. The maximum absolute atomic E-state index is 14.1. The number of benzene rings is 2. The summed E-state index contributed by atoms with van der Waals surface area (Å²) in [6, 6.07) is 11.2. The fraction of sp³-hybridized carbons (Fsp3) is 0.348. The van der Waals surface area contributed by atoms with Crippen molar-refractivity contribution in [1.82, 2.24) is 14.9 Å². The Morgan fingerprint density at radius 3 is 2.66 bits per heavy atom. The number of carbonyl (C=O) groups excluding carboxylic acids is 1. The van der Waals surface area contributed by atoms with Crippen LogP contribution < -0.4 is 14.8 Å². The van der Waals surface area contributed by atoms with Crippen molar-refractivity contribution in [2.24, 2.45) is 0 Å². The van der Waals surface area contributed by atoms with Crippen LogP contribution in [0.1, 0.15) is 28.8 Å². The van der Waals surface area contributed by atoms with Gasteiger partial charge < -0.3 is 10.1 Å². The highest BCUT2D eigenvalue weighted by molar-refractivity contribution is 7.89. The minimum absolute atomic E-state index is 0.0361. The molecule has 0 unspecified atom stereocenters. The Hall–Kier alpha value is -2.75. The van der Waals surface area contributed by atoms with Crippen molar-refractivity contribution in [2.45, 2.75) is 30.3 Å². The summed E-state index contributed by atoms with van der Waals surface area (Å²) in [5, 5.41) is 2.94. The van der Waals surface area contributed by atoms with Crippen LogP contribution in [0.15, 0.2) is 60.0 Å². The van der Waals surface area contributed by atoms with E-state index in [2.05, 4.69) is 21.5 Å². The van der Waals surface area contributed by atoms with Crippen LogP contribution in [0.4, 0.5) is 4.39 Å². The quantitative estimate of drug-likeness (QED) is 0.561. The second-order valence-electron chi connectivity index (χ2n) is 7.62. The molecule has 7 nitrogen and oxygen atoms in total. The van der Waals surface area contributed by atoms with Crippen molar-refractivity contribution < 1.29 is 22.3 Å². The Kier molecular flexibility index (Phi) is 8.00. The average Bonchev–Trinajstić information content (AvgIpc) is 2.79. The van der Waals surface area contributed by atoms with Crippen molar-refractivity contribution in [3.63, 3.8) is 0 Å². The lowest BCUT2D eigenvalue weighted by Crippen LogP contribution is -2.44. The molecule has 2 aromatic rings. The largest absolute Gasteiger partial charge is 0.496 e. The van der Waals surface area contributed by atoms with E-state index in [1.807, 2.05) is 24.3 Å². The highest BCUT2D eigenvalue weighted by Crippen LogP contribution is 2.22. The maximum Gasteiger partial charge on any atom is 0.251 e. The first-order valence-corrected chi connectivity index (χ1v) is 11.9. The molecule has 0 aliphatic carbocycles. The molecule has 0 spiro atoms. The number of para-hydroxylation sites is 1. The Balaban J connectivity index is 1.59. The van der Waals surface area contributed by atoms with E-state index in [0.29, 0.717) is 0 Å². The number of methoxy groups -OCH3 is 1. The van der Waals surface area contributed by atoms with Crippen molar-refractivity contribution in [1.29, 1.82) is 0 Å². The number of halogens is 1. The summed E-state index contributed by atoms with van der Waals surface area (Å²) in [6.45, 7) is 5.77. The number of piperidine rings is 1. The molecule has 1 heterocycles. The van der Waals surface area contributed by atoms with Crippen molar-refractivity contribution >= 4 is 15.9 Å². The Morgan fingerprint density at radius 1 is 1.25 bits per heavy atom. The van der Waals surface area contributed by atoms with Gasteiger partial charge in [-0.25, -0.2) is 17.5 Å². The minimum atomic E-state index is -4.08. The second kappa shape index (κ2) is 10.7. The van der Waals surface area contributed by atoms with Crippen LogP contribution in [-0.4, -0.2) is 52.0 Å². The van der Waals surface area contributed by atoms with E-state index in [4.69, 9.17) is 4.74 Å². The van der Waals surface area contributed by atoms with Gasteiger partial charge >= 0.3 is 0 Å². The van der Waals surface area contributed by atoms with Crippen LogP contribution in [0, 0.1) is 5.82 Å². The minimum Gasteiger partial charge on any atom is -0.496 e. The molecular formula is C23H28FN3O4S. The molecule has 0 bridgehead atoms. The number of rotatable bonds is 9. The molecule has 2 aromatic carbocycles. The summed E-state index contributed by atoms with van der Waals surface area (Å²) in [5.74, 6) is -0.483. The van der Waals surface area contributed by atoms with Gasteiger partial charge in [0, 0.05) is 43.3 Å². The molecule has 0 radical (unpaired) electrons. The van der Waals surface area contributed by atoms with E-state index < -0.39 is 26.6 Å². The number of ether oxygens (including phenoxy) is 1. The third-order valence-corrected chi connectivity index (χ3v) is 6.85. The Morgan fingerprint density at radius 2 is 1.97 bits per heavy atom. The van der Waals surface area contributed by atoms with E-state index in [9.17, 15) is 17.6 Å². The number of amides is 1. The summed E-state index contributed by atoms with van der Waals surface area (Å²) >= 11 is 0. The molecule has 172 valence electrons. The molecule has 2 N–H and O–H groups in total. The third kappa shape index (κ3) is 5.93. The zero-order chi connectivity index (χ0) is 23.1. The van der Waals surface area contributed by atoms with Crippen LogP contribution in [-0.2, 0) is 16.6 Å². The molecule has 0 saturated carbocycles. The predicted molar refractivity (Wildman–Crippen MR) is 121 cm³/mol. The molecule has 1 saturated heterocycles. The normalized spacial score (nSPS) is 15.3. The zero-order valence-electron chi connectivity index (χ0n) is 18.0. The Bertz CT molecular complexity index is 1070. The number of likely N-dealkylation sites (tertiary alicyclic amines) is 1. The van der Waals surface area contributed by atoms with Crippen LogP contribution in [0.25, 0.3) is 0 Å². The van der Waals surface area contributed by atoms with Crippen LogP contribution in [0.3, 0.4) is 0 Å². The van der Waals surface area contributed by atoms with Gasteiger partial charge in [-0.15, -0.1) is 6.58 Å². The zero-order valence-corrected chi connectivity index (χ0v) is 18.8. The lowest BCUT2D eigenvalue weighted by Gasteiger charge is -2.32. The maximum atomic E-state index is 14.1. The first-order chi connectivity index (χ1) is 15.3. The van der Waals surface area contributed by atoms with Crippen molar-refractivity contribution in [2.75, 3.05) is 26.7 Å². The van der Waals surface area contributed by atoms with E-state index in [1.54, 1.807) is 7.11 Å². The molecule has 1 amide bonds. The summed E-state index contributed by atoms with van der Waals surface area (Å²) in [4.78, 5) is 14.4. The Labute approximate surface area is 188 Å². The third-order valence-electron chi connectivity index (χ3n) is 5.41. The number of nitrogens with zero attached hydrogens (tertiary/aromatic N) is 1. The molecule has 1 aliphatic heterocycles. The van der Waals surface area contributed by atoms with Crippen molar-refractivity contribution in [3.8, 4) is 5.75 Å². The van der Waals surface area contributed by atoms with Gasteiger partial charge in [-0.05, 0) is 37.1 Å². The summed E-state index contributed by atoms with van der Waals surface area (Å²) < 4.78 is 46.3. The van der Waals surface area contributed by atoms with Gasteiger partial charge in [0.05, 0.1) is 7.11 Å². The number of hydrogen-bond acceptors (Lipinski definition) is 5. The van der Waals surface area contributed by atoms with Gasteiger partial charge in [-0.1, -0.05) is 24.3 Å². The van der Waals surface area contributed by atoms with Crippen molar-refractivity contribution in [3.05, 3.63) is 72.1 Å². The highest BCUT2D eigenvalue weighted by atomic mass is 32.2. The number of sulfonamides is 1. The van der Waals surface area contributed by atoms with Crippen LogP contribution in [0.2, 0.25) is 0 Å². The molecule has 32 heavy (non-hydrogen) atoms. The topological polar surface area (TPSA) is 87.7 Å². The van der Waals surface area contributed by atoms with Crippen LogP contribution >= 0.6 is 0 Å². The summed E-state index contributed by atoms with van der Waals surface area (Å²) in [5.41, 5.74) is 1.21. The van der Waals surface area contributed by atoms with Gasteiger partial charge in [0.2, 0.25) is 10.0 Å². The molecule has 1 aliphatic rings. The van der Waals surface area contributed by atoms with Gasteiger partial charge in [-0.2, -0.15) is 0 Å².